The van der Waals surface area contributed by atoms with Crippen LogP contribution in [0.5, 0.6) is 11.5 Å². The van der Waals surface area contributed by atoms with E-state index in [1.165, 1.54) is 0 Å². The van der Waals surface area contributed by atoms with Gasteiger partial charge in [0.15, 0.2) is 23.9 Å². The first-order valence-corrected chi connectivity index (χ1v) is 9.44. The van der Waals surface area contributed by atoms with Crippen molar-refractivity contribution in [1.82, 2.24) is 10.1 Å². The van der Waals surface area contributed by atoms with Crippen LogP contribution in [0.4, 0.5) is 0 Å². The molecule has 0 radical (unpaired) electrons. The lowest BCUT2D eigenvalue weighted by molar-refractivity contribution is 0.0919. The number of aryl methyl sites for hydroxylation is 1. The average molecular weight is 400 g/mol. The molecule has 6 nitrogen and oxygen atoms in total. The molecule has 0 fully saturated rings. The Balaban J connectivity index is 1.50. The normalized spacial score (nSPS) is 10.6. The van der Waals surface area contributed by atoms with Crippen molar-refractivity contribution >= 4 is 5.78 Å². The van der Waals surface area contributed by atoms with Crippen LogP contribution in [0.2, 0.25) is 0 Å². The Bertz CT molecular complexity index is 1150. The lowest BCUT2D eigenvalue weighted by Crippen LogP contribution is -2.12. The topological polar surface area (TPSA) is 74.5 Å². The third kappa shape index (κ3) is 4.22. The van der Waals surface area contributed by atoms with Gasteiger partial charge in [-0.1, -0.05) is 53.2 Å². The molecule has 0 aliphatic rings. The fourth-order valence-electron chi connectivity index (χ4n) is 2.93. The van der Waals surface area contributed by atoms with E-state index in [0.29, 0.717) is 28.8 Å². The third-order valence-electron chi connectivity index (χ3n) is 4.60. The van der Waals surface area contributed by atoms with Gasteiger partial charge in [-0.25, -0.2) is 0 Å². The molecule has 0 unspecified atom stereocenters. The molecule has 0 saturated heterocycles. The molecule has 0 bridgehead atoms. The summed E-state index contributed by atoms with van der Waals surface area (Å²) in [7, 11) is 1.54. The van der Waals surface area contributed by atoms with Gasteiger partial charge in [-0.2, -0.15) is 4.98 Å². The van der Waals surface area contributed by atoms with E-state index in [1.54, 1.807) is 37.4 Å². The quantitative estimate of drug-likeness (QED) is 0.407. The second kappa shape index (κ2) is 8.61. The van der Waals surface area contributed by atoms with Gasteiger partial charge >= 0.3 is 0 Å². The Labute approximate surface area is 174 Å². The Hall–Kier alpha value is -3.93. The molecule has 0 N–H and O–H groups in total. The molecule has 0 saturated carbocycles. The van der Waals surface area contributed by atoms with E-state index in [9.17, 15) is 4.79 Å². The summed E-state index contributed by atoms with van der Waals surface area (Å²) in [5.41, 5.74) is 3.27. The van der Waals surface area contributed by atoms with E-state index in [2.05, 4.69) is 10.1 Å². The third-order valence-corrected chi connectivity index (χ3v) is 4.60. The lowest BCUT2D eigenvalue weighted by Gasteiger charge is -2.11. The average Bonchev–Trinajstić information content (AvgIpc) is 3.29. The number of methoxy groups -OCH3 is 1. The molecule has 30 heavy (non-hydrogen) atoms. The number of rotatable bonds is 7. The monoisotopic (exact) mass is 400 g/mol. The number of ketones is 1. The molecule has 0 aliphatic heterocycles. The molecule has 150 valence electrons. The molecular formula is C24H20N2O4. The van der Waals surface area contributed by atoms with Gasteiger partial charge in [0, 0.05) is 16.7 Å². The fourth-order valence-corrected chi connectivity index (χ4v) is 2.93. The van der Waals surface area contributed by atoms with Crippen molar-refractivity contribution in [3.05, 3.63) is 83.9 Å². The van der Waals surface area contributed by atoms with E-state index in [0.717, 1.165) is 16.7 Å². The smallest absolute Gasteiger partial charge is 0.258 e. The lowest BCUT2D eigenvalue weighted by atomic mass is 10.1. The summed E-state index contributed by atoms with van der Waals surface area (Å²) < 4.78 is 16.5. The van der Waals surface area contributed by atoms with Crippen molar-refractivity contribution in [3.63, 3.8) is 0 Å². The summed E-state index contributed by atoms with van der Waals surface area (Å²) in [6.45, 7) is 1.89. The van der Waals surface area contributed by atoms with Crippen LogP contribution in [0.15, 0.2) is 77.3 Å². The van der Waals surface area contributed by atoms with Gasteiger partial charge in [-0.05, 0) is 37.3 Å². The number of hydrogen-bond donors (Lipinski definition) is 0. The van der Waals surface area contributed by atoms with Crippen LogP contribution >= 0.6 is 0 Å². The summed E-state index contributed by atoms with van der Waals surface area (Å²) in [5, 5.41) is 4.05. The van der Waals surface area contributed by atoms with Crippen LogP contribution in [-0.2, 0) is 0 Å². The van der Waals surface area contributed by atoms with Crippen molar-refractivity contribution in [2.45, 2.75) is 6.92 Å². The number of benzene rings is 3. The minimum atomic E-state index is -0.105. The van der Waals surface area contributed by atoms with Crippen LogP contribution in [0, 0.1) is 6.92 Å². The van der Waals surface area contributed by atoms with Crippen molar-refractivity contribution in [2.75, 3.05) is 13.7 Å². The van der Waals surface area contributed by atoms with Crippen LogP contribution in [0.25, 0.3) is 22.8 Å². The Morgan fingerprint density at radius 3 is 2.43 bits per heavy atom. The fraction of sp³-hybridized carbons (Fsp3) is 0.125. The zero-order valence-electron chi connectivity index (χ0n) is 16.7. The van der Waals surface area contributed by atoms with E-state index < -0.39 is 0 Å². The summed E-state index contributed by atoms with van der Waals surface area (Å²) in [6.07, 6.45) is 0. The first kappa shape index (κ1) is 19.4. The number of ether oxygens (including phenoxy) is 2. The second-order valence-corrected chi connectivity index (χ2v) is 6.73. The highest BCUT2D eigenvalue weighted by Gasteiger charge is 2.15. The van der Waals surface area contributed by atoms with Gasteiger partial charge in [0.25, 0.3) is 5.89 Å². The van der Waals surface area contributed by atoms with Crippen LogP contribution in [0.1, 0.15) is 15.9 Å². The molecule has 0 spiro atoms. The number of Topliss-reactive ketones (excluding diaryl/α,β-unsaturated/α-hetero) is 1. The first-order chi connectivity index (χ1) is 14.6. The maximum Gasteiger partial charge on any atom is 0.258 e. The second-order valence-electron chi connectivity index (χ2n) is 6.73. The minimum absolute atomic E-state index is 0.0842. The molecular weight excluding hydrogens is 380 g/mol. The van der Waals surface area contributed by atoms with E-state index in [1.807, 2.05) is 49.4 Å². The molecule has 1 heterocycles. The van der Waals surface area contributed by atoms with Gasteiger partial charge in [0.2, 0.25) is 5.82 Å². The molecule has 1 aromatic heterocycles. The number of carbonyl (C=O) groups is 1. The molecule has 4 rings (SSSR count). The molecule has 4 aromatic rings. The maximum absolute atomic E-state index is 12.4. The van der Waals surface area contributed by atoms with Crippen LogP contribution in [-0.4, -0.2) is 29.6 Å². The standard InChI is InChI=1S/C24H20N2O4/c1-16-8-10-17(11-9-16)20(27)15-29-21-13-12-19(14-22(21)28-2)23-25-24(30-26-23)18-6-4-3-5-7-18/h3-14H,15H2,1-2H3. The summed E-state index contributed by atoms with van der Waals surface area (Å²) in [6, 6.07) is 22.2. The summed E-state index contributed by atoms with van der Waals surface area (Å²) >= 11 is 0. The van der Waals surface area contributed by atoms with Crippen LogP contribution < -0.4 is 9.47 Å². The molecule has 0 aliphatic carbocycles. The van der Waals surface area contributed by atoms with Gasteiger partial charge in [-0.3, -0.25) is 4.79 Å². The number of carbonyl (C=O) groups excluding carboxylic acids is 1. The van der Waals surface area contributed by atoms with E-state index >= 15 is 0 Å². The largest absolute Gasteiger partial charge is 0.493 e. The predicted molar refractivity (Wildman–Crippen MR) is 113 cm³/mol. The molecule has 0 atom stereocenters. The molecule has 6 heteroatoms. The van der Waals surface area contributed by atoms with Crippen molar-refractivity contribution in [3.8, 4) is 34.3 Å². The zero-order valence-corrected chi connectivity index (χ0v) is 16.7. The van der Waals surface area contributed by atoms with Gasteiger partial charge in [0.05, 0.1) is 7.11 Å². The predicted octanol–water partition coefficient (Wildman–Crippen LogP) is 4.98. The Morgan fingerprint density at radius 2 is 1.70 bits per heavy atom. The van der Waals surface area contributed by atoms with Crippen LogP contribution in [0.3, 0.4) is 0 Å². The Kier molecular flexibility index (Phi) is 5.57. The summed E-state index contributed by atoms with van der Waals surface area (Å²) in [4.78, 5) is 16.8. The first-order valence-electron chi connectivity index (χ1n) is 9.44. The van der Waals surface area contributed by atoms with E-state index in [-0.39, 0.29) is 12.4 Å². The van der Waals surface area contributed by atoms with Crippen molar-refractivity contribution in [1.29, 1.82) is 0 Å². The maximum atomic E-state index is 12.4. The minimum Gasteiger partial charge on any atom is -0.493 e. The highest BCUT2D eigenvalue weighted by molar-refractivity contribution is 5.97. The van der Waals surface area contributed by atoms with Gasteiger partial charge < -0.3 is 14.0 Å². The van der Waals surface area contributed by atoms with E-state index in [4.69, 9.17) is 14.0 Å². The van der Waals surface area contributed by atoms with Gasteiger partial charge in [-0.15, -0.1) is 0 Å². The number of hydrogen-bond acceptors (Lipinski definition) is 6. The molecule has 0 amide bonds. The van der Waals surface area contributed by atoms with Crippen molar-refractivity contribution < 1.29 is 18.8 Å². The van der Waals surface area contributed by atoms with Crippen molar-refractivity contribution in [2.24, 2.45) is 0 Å². The zero-order chi connectivity index (χ0) is 20.9. The SMILES string of the molecule is COc1cc(-c2noc(-c3ccccc3)n2)ccc1OCC(=O)c1ccc(C)cc1. The summed E-state index contributed by atoms with van der Waals surface area (Å²) in [5.74, 6) is 1.72. The highest BCUT2D eigenvalue weighted by atomic mass is 16.5. The Morgan fingerprint density at radius 1 is 0.933 bits per heavy atom. The number of nitrogens with zero attached hydrogens (tertiary/aromatic N) is 2. The molecule has 3 aromatic carbocycles. The van der Waals surface area contributed by atoms with Gasteiger partial charge in [0.1, 0.15) is 0 Å². The highest BCUT2D eigenvalue weighted by Crippen LogP contribution is 2.32. The number of aromatic nitrogens is 2.